The van der Waals surface area contributed by atoms with E-state index in [9.17, 15) is 4.39 Å². The Morgan fingerprint density at radius 1 is 1.35 bits per heavy atom. The van der Waals surface area contributed by atoms with Crippen LogP contribution >= 0.6 is 11.3 Å². The Hall–Kier alpha value is -2.41. The maximum atomic E-state index is 13.6. The molecular weight excluding hydrogens is 313 g/mol. The summed E-state index contributed by atoms with van der Waals surface area (Å²) in [4.78, 5) is 9.65. The van der Waals surface area contributed by atoms with E-state index >= 15 is 0 Å². The molecule has 3 rings (SSSR count). The average Bonchev–Trinajstić information content (AvgIpc) is 3.13. The maximum Gasteiger partial charge on any atom is 0.193 e. The van der Waals surface area contributed by atoms with Crippen molar-refractivity contribution in [2.24, 2.45) is 4.99 Å². The predicted octanol–water partition coefficient (Wildman–Crippen LogP) is 2.44. The third kappa shape index (κ3) is 3.87. The number of rotatable bonds is 5. The van der Waals surface area contributed by atoms with E-state index in [1.807, 2.05) is 28.2 Å². The highest BCUT2D eigenvalue weighted by atomic mass is 32.1. The van der Waals surface area contributed by atoms with Crippen molar-refractivity contribution in [3.05, 3.63) is 59.1 Å². The zero-order chi connectivity index (χ0) is 16.1. The van der Waals surface area contributed by atoms with Crippen LogP contribution in [0.25, 0.3) is 4.96 Å². The third-order valence-electron chi connectivity index (χ3n) is 3.45. The topological polar surface area (TPSA) is 53.7 Å². The zero-order valence-electron chi connectivity index (χ0n) is 12.8. The molecule has 23 heavy (non-hydrogen) atoms. The predicted molar refractivity (Wildman–Crippen MR) is 91.4 cm³/mol. The van der Waals surface area contributed by atoms with E-state index in [0.29, 0.717) is 31.0 Å². The molecule has 2 N–H and O–H groups in total. The Bertz CT molecular complexity index is 779. The summed E-state index contributed by atoms with van der Waals surface area (Å²) in [5.41, 5.74) is 1.65. The summed E-state index contributed by atoms with van der Waals surface area (Å²) < 4.78 is 15.5. The Morgan fingerprint density at radius 3 is 3.00 bits per heavy atom. The van der Waals surface area contributed by atoms with Gasteiger partial charge in [0, 0.05) is 31.4 Å². The molecule has 0 aliphatic carbocycles. The van der Waals surface area contributed by atoms with Crippen LogP contribution in [0.15, 0.2) is 47.0 Å². The molecule has 0 aliphatic heterocycles. The lowest BCUT2D eigenvalue weighted by atomic mass is 10.1. The van der Waals surface area contributed by atoms with E-state index in [4.69, 9.17) is 0 Å². The van der Waals surface area contributed by atoms with Crippen LogP contribution in [0.4, 0.5) is 4.39 Å². The Balaban J connectivity index is 1.48. The molecule has 0 fully saturated rings. The molecule has 0 spiro atoms. The van der Waals surface area contributed by atoms with Crippen molar-refractivity contribution in [2.75, 3.05) is 13.6 Å². The van der Waals surface area contributed by atoms with Crippen LogP contribution in [0.2, 0.25) is 0 Å². The fraction of sp³-hybridized carbons (Fsp3) is 0.250. The van der Waals surface area contributed by atoms with Crippen LogP contribution in [-0.2, 0) is 13.0 Å². The fourth-order valence-corrected chi connectivity index (χ4v) is 2.99. The molecule has 0 atom stereocenters. The highest BCUT2D eigenvalue weighted by Crippen LogP contribution is 2.11. The summed E-state index contributed by atoms with van der Waals surface area (Å²) in [5, 5.41) is 8.40. The molecule has 1 aromatic carbocycles. The van der Waals surface area contributed by atoms with E-state index < -0.39 is 0 Å². The standard InChI is InChI=1S/C16H18FN5S/c1-18-15(19-7-6-12-4-2-3-5-14(12)17)20-10-13-11-22-8-9-23-16(22)21-13/h2-5,8-9,11H,6-7,10H2,1H3,(H2,18,19,20). The van der Waals surface area contributed by atoms with Crippen LogP contribution in [0.5, 0.6) is 0 Å². The number of halogens is 1. The van der Waals surface area contributed by atoms with Gasteiger partial charge in [-0.15, -0.1) is 11.3 Å². The van der Waals surface area contributed by atoms with Crippen molar-refractivity contribution >= 4 is 22.3 Å². The molecule has 2 heterocycles. The second kappa shape index (κ2) is 7.23. The Morgan fingerprint density at radius 2 is 2.22 bits per heavy atom. The SMILES string of the molecule is CN=C(NCCc1ccccc1F)NCc1cn2ccsc2n1. The number of hydrogen-bond acceptors (Lipinski definition) is 3. The summed E-state index contributed by atoms with van der Waals surface area (Å²) in [6.07, 6.45) is 4.58. The average molecular weight is 331 g/mol. The van der Waals surface area contributed by atoms with E-state index in [2.05, 4.69) is 20.6 Å². The minimum atomic E-state index is -0.171. The lowest BCUT2D eigenvalue weighted by molar-refractivity contribution is 0.606. The molecule has 120 valence electrons. The summed E-state index contributed by atoms with van der Waals surface area (Å²) in [7, 11) is 1.71. The number of thiazole rings is 1. The highest BCUT2D eigenvalue weighted by molar-refractivity contribution is 7.15. The number of aromatic nitrogens is 2. The van der Waals surface area contributed by atoms with Gasteiger partial charge >= 0.3 is 0 Å². The van der Waals surface area contributed by atoms with Crippen molar-refractivity contribution in [3.63, 3.8) is 0 Å². The number of guanidine groups is 1. The normalized spacial score (nSPS) is 11.8. The molecular formula is C16H18FN5S. The first-order valence-electron chi connectivity index (χ1n) is 7.35. The van der Waals surface area contributed by atoms with E-state index in [1.54, 1.807) is 30.5 Å². The fourth-order valence-electron chi connectivity index (χ4n) is 2.27. The zero-order valence-corrected chi connectivity index (χ0v) is 13.6. The maximum absolute atomic E-state index is 13.6. The largest absolute Gasteiger partial charge is 0.356 e. The second-order valence-corrected chi connectivity index (χ2v) is 5.89. The van der Waals surface area contributed by atoms with Gasteiger partial charge in [0.15, 0.2) is 10.9 Å². The van der Waals surface area contributed by atoms with Crippen LogP contribution in [0.3, 0.4) is 0 Å². The van der Waals surface area contributed by atoms with Crippen molar-refractivity contribution < 1.29 is 4.39 Å². The Labute approximate surface area is 137 Å². The van der Waals surface area contributed by atoms with Gasteiger partial charge in [-0.05, 0) is 18.1 Å². The van der Waals surface area contributed by atoms with Gasteiger partial charge in [0.2, 0.25) is 0 Å². The van der Waals surface area contributed by atoms with Gasteiger partial charge in [-0.3, -0.25) is 9.39 Å². The molecule has 5 nitrogen and oxygen atoms in total. The quantitative estimate of drug-likeness (QED) is 0.558. The van der Waals surface area contributed by atoms with Gasteiger partial charge in [0.25, 0.3) is 0 Å². The van der Waals surface area contributed by atoms with Gasteiger partial charge in [-0.1, -0.05) is 18.2 Å². The highest BCUT2D eigenvalue weighted by Gasteiger charge is 2.05. The van der Waals surface area contributed by atoms with Crippen molar-refractivity contribution in [1.29, 1.82) is 0 Å². The van der Waals surface area contributed by atoms with Crippen LogP contribution in [0.1, 0.15) is 11.3 Å². The summed E-state index contributed by atoms with van der Waals surface area (Å²) in [6.45, 7) is 1.20. The number of fused-ring (bicyclic) bond motifs is 1. The second-order valence-electron chi connectivity index (χ2n) is 5.02. The summed E-state index contributed by atoms with van der Waals surface area (Å²) >= 11 is 1.60. The lowest BCUT2D eigenvalue weighted by Gasteiger charge is -2.11. The van der Waals surface area contributed by atoms with Crippen LogP contribution < -0.4 is 10.6 Å². The van der Waals surface area contributed by atoms with Gasteiger partial charge in [0.05, 0.1) is 12.2 Å². The number of benzene rings is 1. The molecule has 2 aromatic heterocycles. The van der Waals surface area contributed by atoms with Gasteiger partial charge in [-0.25, -0.2) is 9.37 Å². The first kappa shape index (κ1) is 15.5. The minimum absolute atomic E-state index is 0.171. The summed E-state index contributed by atoms with van der Waals surface area (Å²) in [6, 6.07) is 6.82. The number of hydrogen-bond donors (Lipinski definition) is 2. The van der Waals surface area contributed by atoms with Crippen molar-refractivity contribution in [3.8, 4) is 0 Å². The van der Waals surface area contributed by atoms with Gasteiger partial charge in [0.1, 0.15) is 5.82 Å². The number of nitrogens with one attached hydrogen (secondary N) is 2. The molecule has 0 unspecified atom stereocenters. The molecule has 7 heteroatoms. The molecule has 0 amide bonds. The molecule has 0 saturated heterocycles. The Kier molecular flexibility index (Phi) is 4.87. The molecule has 0 radical (unpaired) electrons. The summed E-state index contributed by atoms with van der Waals surface area (Å²) in [5.74, 6) is 0.507. The first-order valence-corrected chi connectivity index (χ1v) is 8.23. The van der Waals surface area contributed by atoms with Gasteiger partial charge in [-0.2, -0.15) is 0 Å². The van der Waals surface area contributed by atoms with Gasteiger partial charge < -0.3 is 10.6 Å². The molecule has 0 saturated carbocycles. The molecule has 0 bridgehead atoms. The number of aliphatic imine (C=N–C) groups is 1. The first-order chi connectivity index (χ1) is 11.3. The van der Waals surface area contributed by atoms with E-state index in [1.165, 1.54) is 6.07 Å². The van der Waals surface area contributed by atoms with Crippen LogP contribution in [0, 0.1) is 5.82 Å². The lowest BCUT2D eigenvalue weighted by Crippen LogP contribution is -2.38. The smallest absolute Gasteiger partial charge is 0.193 e. The van der Waals surface area contributed by atoms with E-state index in [0.717, 1.165) is 10.7 Å². The van der Waals surface area contributed by atoms with Crippen molar-refractivity contribution in [1.82, 2.24) is 20.0 Å². The monoisotopic (exact) mass is 331 g/mol. The van der Waals surface area contributed by atoms with Crippen LogP contribution in [-0.4, -0.2) is 28.9 Å². The minimum Gasteiger partial charge on any atom is -0.356 e. The number of nitrogens with zero attached hydrogens (tertiary/aromatic N) is 3. The molecule has 0 aliphatic rings. The van der Waals surface area contributed by atoms with E-state index in [-0.39, 0.29) is 5.82 Å². The third-order valence-corrected chi connectivity index (χ3v) is 4.22. The molecule has 3 aromatic rings. The number of imidazole rings is 1. The van der Waals surface area contributed by atoms with Crippen molar-refractivity contribution in [2.45, 2.75) is 13.0 Å².